The first-order chi connectivity index (χ1) is 7.37. The van der Waals surface area contributed by atoms with E-state index < -0.39 is 5.60 Å². The van der Waals surface area contributed by atoms with Gasteiger partial charge < -0.3 is 4.74 Å². The highest BCUT2D eigenvalue weighted by molar-refractivity contribution is 5.72. The molecular formula is C10H18N4O2. The van der Waals surface area contributed by atoms with Gasteiger partial charge >= 0.3 is 5.97 Å². The minimum Gasteiger partial charge on any atom is -0.459 e. The van der Waals surface area contributed by atoms with Crippen LogP contribution in [0.4, 0.5) is 0 Å². The predicted molar refractivity (Wildman–Crippen MR) is 58.6 cm³/mol. The highest BCUT2D eigenvalue weighted by Gasteiger charge is 2.15. The Morgan fingerprint density at radius 2 is 2.25 bits per heavy atom. The fraction of sp³-hybridized carbons (Fsp3) is 0.700. The van der Waals surface area contributed by atoms with Gasteiger partial charge in [-0.15, -0.1) is 0 Å². The number of nitrogens with zero attached hydrogens (tertiary/aromatic N) is 3. The molecule has 16 heavy (non-hydrogen) atoms. The number of hydrogen-bond donors (Lipinski definition) is 1. The number of carbonyl (C=O) groups excluding carboxylic acids is 1. The second-order valence-electron chi connectivity index (χ2n) is 4.52. The van der Waals surface area contributed by atoms with E-state index in [0.717, 1.165) is 0 Å². The molecule has 6 heteroatoms. The van der Waals surface area contributed by atoms with E-state index in [0.29, 0.717) is 12.4 Å². The molecular weight excluding hydrogens is 208 g/mol. The standard InChI is InChI=1S/C10H18N4O2/c1-10(2,3)16-9(15)6-11-5-8-12-7-14(4)13-8/h7,11H,5-6H2,1-4H3. The van der Waals surface area contributed by atoms with Gasteiger partial charge in [0.25, 0.3) is 0 Å². The van der Waals surface area contributed by atoms with Gasteiger partial charge in [0.05, 0.1) is 13.1 Å². The molecule has 0 saturated heterocycles. The first-order valence-corrected chi connectivity index (χ1v) is 5.14. The molecule has 0 saturated carbocycles. The van der Waals surface area contributed by atoms with Gasteiger partial charge in [0.15, 0.2) is 5.82 Å². The lowest BCUT2D eigenvalue weighted by Crippen LogP contribution is -2.31. The van der Waals surface area contributed by atoms with Crippen LogP contribution in [0, 0.1) is 0 Å². The fourth-order valence-electron chi connectivity index (χ4n) is 1.12. The number of aromatic nitrogens is 3. The minimum atomic E-state index is -0.442. The molecule has 1 N–H and O–H groups in total. The Balaban J connectivity index is 2.23. The Kier molecular flexibility index (Phi) is 4.00. The zero-order valence-electron chi connectivity index (χ0n) is 10.1. The van der Waals surface area contributed by atoms with Crippen molar-refractivity contribution in [2.45, 2.75) is 32.9 Å². The van der Waals surface area contributed by atoms with E-state index in [1.54, 1.807) is 18.1 Å². The van der Waals surface area contributed by atoms with Crippen molar-refractivity contribution in [2.24, 2.45) is 7.05 Å². The smallest absolute Gasteiger partial charge is 0.320 e. The molecule has 1 heterocycles. The van der Waals surface area contributed by atoms with E-state index in [1.807, 2.05) is 20.8 Å². The molecule has 0 amide bonds. The van der Waals surface area contributed by atoms with E-state index in [9.17, 15) is 4.79 Å². The van der Waals surface area contributed by atoms with Crippen LogP contribution >= 0.6 is 0 Å². The van der Waals surface area contributed by atoms with Crippen LogP contribution in [0.5, 0.6) is 0 Å². The summed E-state index contributed by atoms with van der Waals surface area (Å²) in [4.78, 5) is 15.3. The van der Waals surface area contributed by atoms with Crippen LogP contribution in [-0.2, 0) is 23.1 Å². The molecule has 0 atom stereocenters. The topological polar surface area (TPSA) is 69.0 Å². The Hall–Kier alpha value is -1.43. The van der Waals surface area contributed by atoms with Crippen LogP contribution in [-0.4, -0.2) is 32.9 Å². The molecule has 0 bridgehead atoms. The number of esters is 1. The molecule has 90 valence electrons. The number of carbonyl (C=O) groups is 1. The summed E-state index contributed by atoms with van der Waals surface area (Å²) >= 11 is 0. The normalized spacial score (nSPS) is 11.5. The lowest BCUT2D eigenvalue weighted by molar-refractivity contribution is -0.153. The molecule has 0 aliphatic heterocycles. The van der Waals surface area contributed by atoms with Crippen molar-refractivity contribution in [3.63, 3.8) is 0 Å². The number of ether oxygens (including phenoxy) is 1. The zero-order chi connectivity index (χ0) is 12.2. The maximum Gasteiger partial charge on any atom is 0.320 e. The first kappa shape index (κ1) is 12.6. The summed E-state index contributed by atoms with van der Waals surface area (Å²) in [5.74, 6) is 0.384. The van der Waals surface area contributed by atoms with Crippen molar-refractivity contribution in [3.05, 3.63) is 12.2 Å². The Morgan fingerprint density at radius 3 is 2.75 bits per heavy atom. The molecule has 1 aromatic heterocycles. The molecule has 0 aliphatic rings. The average molecular weight is 226 g/mol. The van der Waals surface area contributed by atoms with E-state index >= 15 is 0 Å². The van der Waals surface area contributed by atoms with Gasteiger partial charge in [0.2, 0.25) is 0 Å². The van der Waals surface area contributed by atoms with Gasteiger partial charge in [-0.05, 0) is 20.8 Å². The zero-order valence-corrected chi connectivity index (χ0v) is 10.1. The minimum absolute atomic E-state index is 0.162. The third-order valence-electron chi connectivity index (χ3n) is 1.62. The van der Waals surface area contributed by atoms with Crippen molar-refractivity contribution < 1.29 is 9.53 Å². The van der Waals surface area contributed by atoms with Gasteiger partial charge in [-0.2, -0.15) is 5.10 Å². The van der Waals surface area contributed by atoms with Crippen molar-refractivity contribution >= 4 is 5.97 Å². The lowest BCUT2D eigenvalue weighted by atomic mass is 10.2. The van der Waals surface area contributed by atoms with Crippen LogP contribution < -0.4 is 5.32 Å². The van der Waals surface area contributed by atoms with Gasteiger partial charge in [0.1, 0.15) is 11.9 Å². The summed E-state index contributed by atoms with van der Waals surface area (Å²) < 4.78 is 6.75. The highest BCUT2D eigenvalue weighted by Crippen LogP contribution is 2.06. The molecule has 0 aromatic carbocycles. The molecule has 0 fully saturated rings. The van der Waals surface area contributed by atoms with Gasteiger partial charge in [0, 0.05) is 7.05 Å². The van der Waals surface area contributed by atoms with E-state index in [4.69, 9.17) is 4.74 Å². The maximum atomic E-state index is 11.3. The highest BCUT2D eigenvalue weighted by atomic mass is 16.6. The second-order valence-corrected chi connectivity index (χ2v) is 4.52. The number of hydrogen-bond acceptors (Lipinski definition) is 5. The fourth-order valence-corrected chi connectivity index (χ4v) is 1.12. The summed E-state index contributed by atoms with van der Waals surface area (Å²) in [6.07, 6.45) is 1.62. The summed E-state index contributed by atoms with van der Waals surface area (Å²) in [5, 5.41) is 7.00. The largest absolute Gasteiger partial charge is 0.459 e. The SMILES string of the molecule is Cn1cnc(CNCC(=O)OC(C)(C)C)n1. The summed E-state index contributed by atoms with van der Waals surface area (Å²) in [7, 11) is 1.80. The lowest BCUT2D eigenvalue weighted by Gasteiger charge is -2.19. The van der Waals surface area contributed by atoms with Crippen LogP contribution in [0.25, 0.3) is 0 Å². The number of nitrogens with one attached hydrogen (secondary N) is 1. The summed E-state index contributed by atoms with van der Waals surface area (Å²) in [6, 6.07) is 0. The van der Waals surface area contributed by atoms with E-state index in [2.05, 4.69) is 15.4 Å². The van der Waals surface area contributed by atoms with Gasteiger partial charge in [-0.25, -0.2) is 4.98 Å². The number of aryl methyl sites for hydroxylation is 1. The van der Waals surface area contributed by atoms with Crippen LogP contribution in [0.15, 0.2) is 6.33 Å². The molecule has 0 spiro atoms. The van der Waals surface area contributed by atoms with E-state index in [1.165, 1.54) is 0 Å². The van der Waals surface area contributed by atoms with Crippen molar-refractivity contribution in [3.8, 4) is 0 Å². The molecule has 1 aromatic rings. The summed E-state index contributed by atoms with van der Waals surface area (Å²) in [5.41, 5.74) is -0.442. The quantitative estimate of drug-likeness (QED) is 0.745. The molecule has 0 radical (unpaired) electrons. The molecule has 6 nitrogen and oxygen atoms in total. The van der Waals surface area contributed by atoms with Gasteiger partial charge in [-0.1, -0.05) is 0 Å². The van der Waals surface area contributed by atoms with Crippen LogP contribution in [0.3, 0.4) is 0 Å². The molecule has 1 rings (SSSR count). The van der Waals surface area contributed by atoms with E-state index in [-0.39, 0.29) is 12.5 Å². The van der Waals surface area contributed by atoms with Crippen LogP contribution in [0.1, 0.15) is 26.6 Å². The van der Waals surface area contributed by atoms with Crippen molar-refractivity contribution in [1.82, 2.24) is 20.1 Å². The Morgan fingerprint density at radius 1 is 1.56 bits per heavy atom. The molecule has 0 unspecified atom stereocenters. The first-order valence-electron chi connectivity index (χ1n) is 5.14. The van der Waals surface area contributed by atoms with Crippen molar-refractivity contribution in [1.29, 1.82) is 0 Å². The third-order valence-corrected chi connectivity index (χ3v) is 1.62. The summed E-state index contributed by atoms with van der Waals surface area (Å²) in [6.45, 7) is 6.14. The Bertz CT molecular complexity index is 354. The monoisotopic (exact) mass is 226 g/mol. The van der Waals surface area contributed by atoms with Crippen LogP contribution in [0.2, 0.25) is 0 Å². The average Bonchev–Trinajstić information content (AvgIpc) is 2.48. The maximum absolute atomic E-state index is 11.3. The third kappa shape index (κ3) is 4.88. The number of rotatable bonds is 4. The van der Waals surface area contributed by atoms with Crippen molar-refractivity contribution in [2.75, 3.05) is 6.54 Å². The second kappa shape index (κ2) is 5.07. The Labute approximate surface area is 95.0 Å². The molecule has 0 aliphatic carbocycles. The van der Waals surface area contributed by atoms with Gasteiger partial charge in [-0.3, -0.25) is 14.8 Å². The predicted octanol–water partition coefficient (Wildman–Crippen LogP) is 0.246.